The maximum atomic E-state index is 12.9. The summed E-state index contributed by atoms with van der Waals surface area (Å²) in [4.78, 5) is 26.2. The molecule has 0 saturated carbocycles. The highest BCUT2D eigenvalue weighted by atomic mass is 16.5. The van der Waals surface area contributed by atoms with Gasteiger partial charge >= 0.3 is 0 Å². The van der Waals surface area contributed by atoms with Crippen molar-refractivity contribution in [1.29, 1.82) is 0 Å². The minimum Gasteiger partial charge on any atom is -0.385 e. The third-order valence-electron chi connectivity index (χ3n) is 4.43. The Balaban J connectivity index is 2.07. The first kappa shape index (κ1) is 18.4. The van der Waals surface area contributed by atoms with Crippen molar-refractivity contribution in [2.75, 3.05) is 20.3 Å². The smallest absolute Gasteiger partial charge is 0.245 e. The minimum absolute atomic E-state index is 0.0220. The van der Waals surface area contributed by atoms with Crippen molar-refractivity contribution in [3.05, 3.63) is 17.5 Å². The first-order chi connectivity index (χ1) is 11.4. The van der Waals surface area contributed by atoms with Crippen LogP contribution in [0.2, 0.25) is 0 Å². The summed E-state index contributed by atoms with van der Waals surface area (Å²) in [7, 11) is 1.59. The van der Waals surface area contributed by atoms with E-state index in [-0.39, 0.29) is 17.9 Å². The van der Waals surface area contributed by atoms with Crippen LogP contribution < -0.4 is 5.32 Å². The molecule has 7 nitrogen and oxygen atoms in total. The number of carbonyl (C=O) groups is 2. The van der Waals surface area contributed by atoms with Gasteiger partial charge in [-0.3, -0.25) is 14.3 Å². The molecule has 1 aromatic rings. The first-order valence-electron chi connectivity index (χ1n) is 8.50. The molecule has 1 aromatic heterocycles. The molecule has 2 heterocycles. The summed E-state index contributed by atoms with van der Waals surface area (Å²) < 4.78 is 7.04. The maximum Gasteiger partial charge on any atom is 0.245 e. The van der Waals surface area contributed by atoms with Crippen molar-refractivity contribution in [2.45, 2.75) is 58.7 Å². The number of carbonyl (C=O) groups excluding carboxylic acids is 2. The lowest BCUT2D eigenvalue weighted by molar-refractivity contribution is -0.137. The van der Waals surface area contributed by atoms with Gasteiger partial charge < -0.3 is 15.0 Å². The molecule has 24 heavy (non-hydrogen) atoms. The normalized spacial score (nSPS) is 18.7. The zero-order chi connectivity index (χ0) is 17.7. The van der Waals surface area contributed by atoms with Gasteiger partial charge in [0.2, 0.25) is 11.8 Å². The lowest BCUT2D eigenvalue weighted by atomic mass is 10.1. The van der Waals surface area contributed by atoms with Crippen LogP contribution in [0.5, 0.6) is 0 Å². The van der Waals surface area contributed by atoms with Crippen LogP contribution in [-0.2, 0) is 20.9 Å². The molecule has 7 heteroatoms. The summed E-state index contributed by atoms with van der Waals surface area (Å²) in [6.07, 6.45) is 2.42. The van der Waals surface area contributed by atoms with E-state index >= 15 is 0 Å². The fourth-order valence-electron chi connectivity index (χ4n) is 3.31. The second-order valence-electron chi connectivity index (χ2n) is 6.47. The summed E-state index contributed by atoms with van der Waals surface area (Å²) in [5, 5.41) is 7.26. The Hall–Kier alpha value is -1.89. The molecule has 0 aromatic carbocycles. The molecule has 2 rings (SSSR count). The van der Waals surface area contributed by atoms with Crippen LogP contribution in [0.25, 0.3) is 0 Å². The number of nitrogens with one attached hydrogen (secondary N) is 1. The average molecular weight is 336 g/mol. The zero-order valence-electron chi connectivity index (χ0n) is 15.0. The van der Waals surface area contributed by atoms with Crippen molar-refractivity contribution in [1.82, 2.24) is 20.0 Å². The summed E-state index contributed by atoms with van der Waals surface area (Å²) in [5.74, 6) is -0.218. The Labute approximate surface area is 143 Å². The van der Waals surface area contributed by atoms with Gasteiger partial charge in [0.15, 0.2) is 0 Å². The molecule has 2 unspecified atom stereocenters. The number of amides is 2. The van der Waals surface area contributed by atoms with Gasteiger partial charge in [0.1, 0.15) is 6.04 Å². The Morgan fingerprint density at radius 2 is 2.21 bits per heavy atom. The molecule has 0 aliphatic carbocycles. The first-order valence-corrected chi connectivity index (χ1v) is 8.50. The Morgan fingerprint density at radius 3 is 2.79 bits per heavy atom. The minimum atomic E-state index is -0.525. The van der Waals surface area contributed by atoms with Gasteiger partial charge in [-0.1, -0.05) is 0 Å². The van der Waals surface area contributed by atoms with Crippen molar-refractivity contribution in [3.8, 4) is 0 Å². The van der Waals surface area contributed by atoms with Gasteiger partial charge in [0.25, 0.3) is 0 Å². The monoisotopic (exact) mass is 336 g/mol. The summed E-state index contributed by atoms with van der Waals surface area (Å²) in [6.45, 7) is 7.30. The number of methoxy groups -OCH3 is 1. The van der Waals surface area contributed by atoms with E-state index in [0.29, 0.717) is 19.6 Å². The lowest BCUT2D eigenvalue weighted by Crippen LogP contribution is -2.50. The van der Waals surface area contributed by atoms with Crippen molar-refractivity contribution < 1.29 is 14.3 Å². The van der Waals surface area contributed by atoms with E-state index in [0.717, 1.165) is 30.8 Å². The van der Waals surface area contributed by atoms with E-state index in [1.807, 2.05) is 29.5 Å². The van der Waals surface area contributed by atoms with Gasteiger partial charge in [-0.05, 0) is 39.2 Å². The van der Waals surface area contributed by atoms with Gasteiger partial charge in [-0.25, -0.2) is 0 Å². The number of hydrogen-bond acceptors (Lipinski definition) is 4. The molecular formula is C17H28N4O3. The molecule has 0 spiro atoms. The fourth-order valence-corrected chi connectivity index (χ4v) is 3.31. The van der Waals surface area contributed by atoms with E-state index < -0.39 is 6.04 Å². The topological polar surface area (TPSA) is 76.5 Å². The Morgan fingerprint density at radius 1 is 1.46 bits per heavy atom. The van der Waals surface area contributed by atoms with Crippen LogP contribution in [0.4, 0.5) is 0 Å². The average Bonchev–Trinajstić information content (AvgIpc) is 3.09. The van der Waals surface area contributed by atoms with Crippen molar-refractivity contribution in [2.24, 2.45) is 0 Å². The number of aryl methyl sites for hydroxylation is 2. The zero-order valence-corrected chi connectivity index (χ0v) is 15.0. The van der Waals surface area contributed by atoms with E-state index in [1.54, 1.807) is 7.11 Å². The highest BCUT2D eigenvalue weighted by molar-refractivity contribution is 5.87. The molecular weight excluding hydrogens is 308 g/mol. The van der Waals surface area contributed by atoms with Crippen LogP contribution >= 0.6 is 0 Å². The molecule has 2 atom stereocenters. The second kappa shape index (κ2) is 8.28. The summed E-state index contributed by atoms with van der Waals surface area (Å²) >= 11 is 0. The van der Waals surface area contributed by atoms with Crippen LogP contribution in [0.3, 0.4) is 0 Å². The number of nitrogens with zero attached hydrogens (tertiary/aromatic N) is 3. The van der Waals surface area contributed by atoms with Crippen LogP contribution in [0.1, 0.15) is 37.6 Å². The number of rotatable bonds is 7. The van der Waals surface area contributed by atoms with E-state index in [2.05, 4.69) is 10.4 Å². The largest absolute Gasteiger partial charge is 0.385 e. The maximum absolute atomic E-state index is 12.9. The Bertz CT molecular complexity index is 584. The van der Waals surface area contributed by atoms with Crippen LogP contribution in [-0.4, -0.2) is 58.8 Å². The molecule has 1 N–H and O–H groups in total. The van der Waals surface area contributed by atoms with E-state index in [4.69, 9.17) is 4.74 Å². The standard InChI is InChI=1S/C17H28N4O3/c1-12-10-13(2)21(19-12)11-15-6-5-8-20(15)17(23)16(7-9-24-4)18-14(3)22/h10,15-16H,5-9,11H2,1-4H3,(H,18,22). The van der Waals surface area contributed by atoms with Gasteiger partial charge in [-0.15, -0.1) is 0 Å². The Kier molecular flexibility index (Phi) is 6.36. The number of ether oxygens (including phenoxy) is 1. The van der Waals surface area contributed by atoms with Gasteiger partial charge in [0.05, 0.1) is 18.3 Å². The number of likely N-dealkylation sites (tertiary alicyclic amines) is 1. The van der Waals surface area contributed by atoms with Crippen molar-refractivity contribution >= 4 is 11.8 Å². The third kappa shape index (κ3) is 4.56. The molecule has 2 amide bonds. The number of aromatic nitrogens is 2. The molecule has 134 valence electrons. The second-order valence-corrected chi connectivity index (χ2v) is 6.47. The quantitative estimate of drug-likeness (QED) is 0.807. The summed E-state index contributed by atoms with van der Waals surface area (Å²) in [6, 6.07) is 1.64. The molecule has 1 aliphatic heterocycles. The predicted octanol–water partition coefficient (Wildman–Crippen LogP) is 1.03. The highest BCUT2D eigenvalue weighted by Crippen LogP contribution is 2.21. The molecule has 1 fully saturated rings. The summed E-state index contributed by atoms with van der Waals surface area (Å²) in [5.41, 5.74) is 2.09. The van der Waals surface area contributed by atoms with Gasteiger partial charge in [0, 0.05) is 32.9 Å². The van der Waals surface area contributed by atoms with Crippen LogP contribution in [0.15, 0.2) is 6.07 Å². The molecule has 1 aliphatic rings. The third-order valence-corrected chi connectivity index (χ3v) is 4.43. The SMILES string of the molecule is COCCC(NC(C)=O)C(=O)N1CCCC1Cn1nc(C)cc1C. The van der Waals surface area contributed by atoms with E-state index in [1.165, 1.54) is 6.92 Å². The fraction of sp³-hybridized carbons (Fsp3) is 0.706. The number of hydrogen-bond donors (Lipinski definition) is 1. The predicted molar refractivity (Wildman–Crippen MR) is 90.5 cm³/mol. The van der Waals surface area contributed by atoms with Crippen molar-refractivity contribution in [3.63, 3.8) is 0 Å². The highest BCUT2D eigenvalue weighted by Gasteiger charge is 2.33. The molecule has 0 radical (unpaired) electrons. The lowest BCUT2D eigenvalue weighted by Gasteiger charge is -2.29. The molecule has 1 saturated heterocycles. The molecule has 0 bridgehead atoms. The van der Waals surface area contributed by atoms with E-state index in [9.17, 15) is 9.59 Å². The van der Waals surface area contributed by atoms with Crippen LogP contribution in [0, 0.1) is 13.8 Å². The van der Waals surface area contributed by atoms with Gasteiger partial charge in [-0.2, -0.15) is 5.10 Å².